The first-order valence-electron chi connectivity index (χ1n) is 8.74. The van der Waals surface area contributed by atoms with Gasteiger partial charge >= 0.3 is 0 Å². The van der Waals surface area contributed by atoms with Crippen molar-refractivity contribution in [2.24, 2.45) is 35.5 Å². The normalized spacial score (nSPS) is 36.2. The third-order valence-corrected chi connectivity index (χ3v) is 7.00. The van der Waals surface area contributed by atoms with Gasteiger partial charge < -0.3 is 5.32 Å². The van der Waals surface area contributed by atoms with Crippen LogP contribution in [0.3, 0.4) is 0 Å². The van der Waals surface area contributed by atoms with Crippen molar-refractivity contribution in [3.63, 3.8) is 0 Å². The first kappa shape index (κ1) is 16.3. The van der Waals surface area contributed by atoms with Gasteiger partial charge in [-0.3, -0.25) is 19.3 Å². The molecular weight excluding hydrogens is 375 g/mol. The van der Waals surface area contributed by atoms with Crippen molar-refractivity contribution in [2.75, 3.05) is 11.9 Å². The molecule has 0 spiro atoms. The Hall–Kier alpha value is -1.85. The highest BCUT2D eigenvalue weighted by Crippen LogP contribution is 2.65. The Morgan fingerprint density at radius 2 is 1.65 bits per heavy atom. The molecule has 7 heteroatoms. The summed E-state index contributed by atoms with van der Waals surface area (Å²) >= 11 is 11.8. The molecule has 2 bridgehead atoms. The second-order valence-electron chi connectivity index (χ2n) is 7.59. The molecule has 2 saturated carbocycles. The molecule has 1 saturated heterocycles. The van der Waals surface area contributed by atoms with E-state index in [9.17, 15) is 14.4 Å². The van der Waals surface area contributed by atoms with Crippen LogP contribution in [0.5, 0.6) is 0 Å². The third-order valence-electron chi connectivity index (χ3n) is 6.26. The molecule has 3 amide bonds. The first-order chi connectivity index (χ1) is 12.5. The van der Waals surface area contributed by atoms with Crippen LogP contribution in [0.4, 0.5) is 5.69 Å². The van der Waals surface area contributed by atoms with Crippen LogP contribution in [0.2, 0.25) is 10.0 Å². The summed E-state index contributed by atoms with van der Waals surface area (Å²) in [4.78, 5) is 39.2. The molecule has 0 radical (unpaired) electrons. The fraction of sp³-hybridized carbons (Fsp3) is 0.421. The van der Waals surface area contributed by atoms with Gasteiger partial charge in [-0.25, -0.2) is 0 Å². The van der Waals surface area contributed by atoms with Gasteiger partial charge in [0.25, 0.3) is 0 Å². The molecule has 0 aromatic heterocycles. The average Bonchev–Trinajstić information content (AvgIpc) is 3.39. The number of hydrogen-bond donors (Lipinski definition) is 1. The number of allylic oxidation sites excluding steroid dienone is 2. The number of likely N-dealkylation sites (tertiary alicyclic amines) is 1. The van der Waals surface area contributed by atoms with Crippen molar-refractivity contribution in [3.8, 4) is 0 Å². The van der Waals surface area contributed by atoms with Crippen molar-refractivity contribution >= 4 is 46.6 Å². The Morgan fingerprint density at radius 3 is 2.23 bits per heavy atom. The molecule has 1 N–H and O–H groups in total. The molecule has 1 heterocycles. The van der Waals surface area contributed by atoms with Crippen LogP contribution >= 0.6 is 23.2 Å². The summed E-state index contributed by atoms with van der Waals surface area (Å²) < 4.78 is 0. The van der Waals surface area contributed by atoms with E-state index in [1.807, 2.05) is 0 Å². The molecule has 5 aliphatic rings. The quantitative estimate of drug-likeness (QED) is 0.637. The van der Waals surface area contributed by atoms with Crippen LogP contribution in [0.1, 0.15) is 6.42 Å². The maximum Gasteiger partial charge on any atom is 0.244 e. The number of imide groups is 1. The van der Waals surface area contributed by atoms with E-state index >= 15 is 0 Å². The fourth-order valence-electron chi connectivity index (χ4n) is 5.09. The maximum atomic E-state index is 12.8. The summed E-state index contributed by atoms with van der Waals surface area (Å²) in [6.45, 7) is -0.264. The summed E-state index contributed by atoms with van der Waals surface area (Å²) in [5, 5.41) is 3.38. The van der Waals surface area contributed by atoms with Crippen LogP contribution in [-0.2, 0) is 14.4 Å². The Kier molecular flexibility index (Phi) is 3.50. The number of rotatable bonds is 3. The topological polar surface area (TPSA) is 66.5 Å². The van der Waals surface area contributed by atoms with E-state index in [1.54, 1.807) is 12.1 Å². The summed E-state index contributed by atoms with van der Waals surface area (Å²) in [7, 11) is 0. The lowest BCUT2D eigenvalue weighted by atomic mass is 9.63. The molecule has 6 unspecified atom stereocenters. The lowest BCUT2D eigenvalue weighted by molar-refractivity contribution is -0.142. The number of carbonyl (C=O) groups is 3. The van der Waals surface area contributed by atoms with E-state index in [0.29, 0.717) is 27.6 Å². The summed E-state index contributed by atoms with van der Waals surface area (Å²) in [6.07, 6.45) is 5.35. The van der Waals surface area contributed by atoms with Crippen molar-refractivity contribution in [3.05, 3.63) is 40.4 Å². The highest BCUT2D eigenvalue weighted by molar-refractivity contribution is 6.42. The number of amides is 3. The van der Waals surface area contributed by atoms with Gasteiger partial charge in [-0.2, -0.15) is 0 Å². The van der Waals surface area contributed by atoms with Crippen LogP contribution in [0, 0.1) is 35.5 Å². The molecule has 26 heavy (non-hydrogen) atoms. The van der Waals surface area contributed by atoms with Gasteiger partial charge in [0.1, 0.15) is 6.54 Å². The van der Waals surface area contributed by atoms with Gasteiger partial charge in [0.2, 0.25) is 17.7 Å². The second kappa shape index (κ2) is 5.57. The molecular formula is C19H16Cl2N2O3. The minimum absolute atomic E-state index is 0.162. The summed E-state index contributed by atoms with van der Waals surface area (Å²) in [6, 6.07) is 4.74. The maximum absolute atomic E-state index is 12.8. The van der Waals surface area contributed by atoms with Gasteiger partial charge in [0, 0.05) is 5.69 Å². The van der Waals surface area contributed by atoms with Gasteiger partial charge in [0.15, 0.2) is 0 Å². The van der Waals surface area contributed by atoms with Crippen LogP contribution in [-0.4, -0.2) is 29.2 Å². The lowest BCUT2D eigenvalue weighted by Crippen LogP contribution is -2.40. The third kappa shape index (κ3) is 2.26. The number of nitrogens with zero attached hydrogens (tertiary/aromatic N) is 1. The lowest BCUT2D eigenvalue weighted by Gasteiger charge is -2.37. The van der Waals surface area contributed by atoms with Gasteiger partial charge in [0.05, 0.1) is 21.9 Å². The highest BCUT2D eigenvalue weighted by Gasteiger charge is 2.67. The fourth-order valence-corrected chi connectivity index (χ4v) is 5.39. The van der Waals surface area contributed by atoms with E-state index in [0.717, 1.165) is 11.3 Å². The minimum Gasteiger partial charge on any atom is -0.324 e. The van der Waals surface area contributed by atoms with Gasteiger partial charge in [-0.15, -0.1) is 0 Å². The summed E-state index contributed by atoms with van der Waals surface area (Å²) in [5.41, 5.74) is 0.476. The van der Waals surface area contributed by atoms with E-state index in [1.165, 1.54) is 6.07 Å². The van der Waals surface area contributed by atoms with Gasteiger partial charge in [-0.05, 0) is 48.3 Å². The molecule has 1 aromatic carbocycles. The number of carbonyl (C=O) groups excluding carboxylic acids is 3. The van der Waals surface area contributed by atoms with E-state index < -0.39 is 5.91 Å². The molecule has 3 fully saturated rings. The number of nitrogens with one attached hydrogen (secondary N) is 1. The molecule has 4 aliphatic carbocycles. The second-order valence-corrected chi connectivity index (χ2v) is 8.41. The number of benzene rings is 1. The van der Waals surface area contributed by atoms with Crippen molar-refractivity contribution in [2.45, 2.75) is 6.42 Å². The van der Waals surface area contributed by atoms with Crippen molar-refractivity contribution in [1.82, 2.24) is 4.90 Å². The Bertz CT molecular complexity index is 848. The standard InChI is InChI=1S/C19H16Cl2N2O3/c20-13-4-1-8(5-14(13)21)22-15(24)7-23-18(25)16-9-2-3-10(12-6-11(9)12)17(16)19(23)26/h1-5,9-12,16-17H,6-7H2,(H,22,24). The molecule has 1 aromatic rings. The monoisotopic (exact) mass is 390 g/mol. The molecule has 134 valence electrons. The Labute approximate surface area is 160 Å². The van der Waals surface area contributed by atoms with Crippen LogP contribution < -0.4 is 5.32 Å². The van der Waals surface area contributed by atoms with E-state index in [4.69, 9.17) is 23.2 Å². The zero-order chi connectivity index (χ0) is 18.2. The van der Waals surface area contributed by atoms with Crippen LogP contribution in [0.25, 0.3) is 0 Å². The number of anilines is 1. The predicted octanol–water partition coefficient (Wildman–Crippen LogP) is 2.99. The Balaban J connectivity index is 1.32. The molecule has 5 nitrogen and oxygen atoms in total. The first-order valence-corrected chi connectivity index (χ1v) is 9.50. The van der Waals surface area contributed by atoms with Crippen molar-refractivity contribution in [1.29, 1.82) is 0 Å². The average molecular weight is 391 g/mol. The predicted molar refractivity (Wildman–Crippen MR) is 96.5 cm³/mol. The van der Waals surface area contributed by atoms with Crippen molar-refractivity contribution < 1.29 is 14.4 Å². The smallest absolute Gasteiger partial charge is 0.244 e. The summed E-state index contributed by atoms with van der Waals surface area (Å²) in [5.74, 6) is 0.0420. The largest absolute Gasteiger partial charge is 0.324 e. The van der Waals surface area contributed by atoms with Crippen LogP contribution in [0.15, 0.2) is 30.4 Å². The number of halogens is 2. The highest BCUT2D eigenvalue weighted by atomic mass is 35.5. The van der Waals surface area contributed by atoms with E-state index in [2.05, 4.69) is 17.5 Å². The Morgan fingerprint density at radius 1 is 1.04 bits per heavy atom. The number of hydrogen-bond acceptors (Lipinski definition) is 3. The zero-order valence-electron chi connectivity index (χ0n) is 13.7. The zero-order valence-corrected chi connectivity index (χ0v) is 15.2. The molecule has 6 rings (SSSR count). The molecule has 6 atom stereocenters. The minimum atomic E-state index is -0.422. The van der Waals surface area contributed by atoms with E-state index in [-0.39, 0.29) is 42.0 Å². The van der Waals surface area contributed by atoms with Gasteiger partial charge in [-0.1, -0.05) is 35.4 Å². The SMILES string of the molecule is O=C(CN1C(=O)C2C3C=CC(C4CC34)C2C1=O)Nc1ccc(Cl)c(Cl)c1. The molecule has 1 aliphatic heterocycles.